The van der Waals surface area contributed by atoms with Crippen LogP contribution in [-0.2, 0) is 0 Å². The Labute approximate surface area is 131 Å². The number of thioether (sulfide) groups is 1. The number of rotatable bonds is 6. The van der Waals surface area contributed by atoms with E-state index < -0.39 is 0 Å². The van der Waals surface area contributed by atoms with E-state index in [-0.39, 0.29) is 11.9 Å². The van der Waals surface area contributed by atoms with Crippen LogP contribution in [-0.4, -0.2) is 12.3 Å². The van der Waals surface area contributed by atoms with Gasteiger partial charge >= 0.3 is 0 Å². The summed E-state index contributed by atoms with van der Waals surface area (Å²) in [5.41, 5.74) is 1.29. The number of halogens is 1. The first-order valence-corrected chi connectivity index (χ1v) is 8.14. The van der Waals surface area contributed by atoms with Gasteiger partial charge in [-0.2, -0.15) is 0 Å². The zero-order chi connectivity index (χ0) is 15.2. The van der Waals surface area contributed by atoms with Crippen molar-refractivity contribution >= 4 is 11.8 Å². The van der Waals surface area contributed by atoms with Gasteiger partial charge in [0.1, 0.15) is 5.82 Å². The lowest BCUT2D eigenvalue weighted by atomic mass is 9.96. The lowest BCUT2D eigenvalue weighted by molar-refractivity contribution is 0.472. The number of nitrogens with one attached hydrogen (secondary N) is 1. The van der Waals surface area contributed by atoms with Crippen LogP contribution in [0.4, 0.5) is 4.39 Å². The minimum Gasteiger partial charge on any atom is -0.312 e. The van der Waals surface area contributed by atoms with Crippen molar-refractivity contribution in [1.82, 2.24) is 5.32 Å². The molecule has 0 amide bonds. The lowest BCUT2D eigenvalue weighted by Gasteiger charge is -2.30. The Morgan fingerprint density at radius 2 is 1.57 bits per heavy atom. The van der Waals surface area contributed by atoms with Gasteiger partial charge in [-0.1, -0.05) is 44.2 Å². The molecule has 0 fully saturated rings. The summed E-state index contributed by atoms with van der Waals surface area (Å²) >= 11 is 1.80. The van der Waals surface area contributed by atoms with E-state index in [9.17, 15) is 4.39 Å². The van der Waals surface area contributed by atoms with E-state index in [0.717, 1.165) is 4.90 Å². The molecule has 2 atom stereocenters. The fourth-order valence-corrected chi connectivity index (χ4v) is 3.75. The fraction of sp³-hybridized carbons (Fsp3) is 0.333. The molecule has 0 radical (unpaired) electrons. The molecule has 3 heteroatoms. The predicted molar refractivity (Wildman–Crippen MR) is 89.1 cm³/mol. The smallest absolute Gasteiger partial charge is 0.123 e. The molecule has 2 aromatic rings. The predicted octanol–water partition coefficient (Wildman–Crippen LogP) is 4.90. The van der Waals surface area contributed by atoms with Crippen molar-refractivity contribution in [2.75, 3.05) is 7.05 Å². The maximum absolute atomic E-state index is 13.1. The second kappa shape index (κ2) is 7.62. The van der Waals surface area contributed by atoms with Gasteiger partial charge in [0.25, 0.3) is 0 Å². The van der Waals surface area contributed by atoms with Gasteiger partial charge in [-0.3, -0.25) is 0 Å². The van der Waals surface area contributed by atoms with E-state index in [1.54, 1.807) is 11.8 Å². The van der Waals surface area contributed by atoms with E-state index in [2.05, 4.69) is 43.4 Å². The second-order valence-electron chi connectivity index (χ2n) is 5.46. The summed E-state index contributed by atoms with van der Waals surface area (Å²) in [5.74, 6) is 0.311. The molecular formula is C18H22FNS. The van der Waals surface area contributed by atoms with Crippen LogP contribution >= 0.6 is 11.8 Å². The molecular weight excluding hydrogens is 281 g/mol. The van der Waals surface area contributed by atoms with Crippen LogP contribution in [0, 0.1) is 11.7 Å². The SMILES string of the molecule is CNC(c1ccccc1)C(Sc1ccc(F)cc1)C(C)C. The van der Waals surface area contributed by atoms with Crippen molar-refractivity contribution in [1.29, 1.82) is 0 Å². The highest BCUT2D eigenvalue weighted by atomic mass is 32.2. The average molecular weight is 303 g/mol. The lowest BCUT2D eigenvalue weighted by Crippen LogP contribution is -2.31. The highest BCUT2D eigenvalue weighted by molar-refractivity contribution is 8.00. The van der Waals surface area contributed by atoms with Gasteiger partial charge < -0.3 is 5.32 Å². The maximum atomic E-state index is 13.1. The molecule has 112 valence electrons. The monoisotopic (exact) mass is 303 g/mol. The van der Waals surface area contributed by atoms with Crippen molar-refractivity contribution in [2.45, 2.75) is 30.0 Å². The molecule has 2 rings (SSSR count). The van der Waals surface area contributed by atoms with E-state index in [1.165, 1.54) is 17.7 Å². The Morgan fingerprint density at radius 3 is 2.10 bits per heavy atom. The molecule has 1 nitrogen and oxygen atoms in total. The zero-order valence-electron chi connectivity index (χ0n) is 12.7. The molecule has 0 aromatic heterocycles. The molecule has 1 N–H and O–H groups in total. The first-order chi connectivity index (χ1) is 10.1. The molecule has 0 heterocycles. The summed E-state index contributed by atoms with van der Waals surface area (Å²) < 4.78 is 13.1. The van der Waals surface area contributed by atoms with Crippen LogP contribution in [0.25, 0.3) is 0 Å². The van der Waals surface area contributed by atoms with Crippen molar-refractivity contribution in [3.8, 4) is 0 Å². The fourth-order valence-electron chi connectivity index (χ4n) is 2.44. The van der Waals surface area contributed by atoms with Crippen LogP contribution in [0.1, 0.15) is 25.5 Å². The zero-order valence-corrected chi connectivity index (χ0v) is 13.5. The van der Waals surface area contributed by atoms with Gasteiger partial charge in [0, 0.05) is 16.2 Å². The van der Waals surface area contributed by atoms with Crippen LogP contribution in [0.5, 0.6) is 0 Å². The summed E-state index contributed by atoms with van der Waals surface area (Å²) in [5, 5.41) is 3.81. The molecule has 0 saturated carbocycles. The Bertz CT molecular complexity index is 539. The Morgan fingerprint density at radius 1 is 0.952 bits per heavy atom. The van der Waals surface area contributed by atoms with Gasteiger partial charge in [-0.15, -0.1) is 11.8 Å². The normalized spacial score (nSPS) is 14.1. The summed E-state index contributed by atoms with van der Waals surface area (Å²) in [6.07, 6.45) is 0. The maximum Gasteiger partial charge on any atom is 0.123 e. The van der Waals surface area contributed by atoms with Crippen LogP contribution in [0.2, 0.25) is 0 Å². The van der Waals surface area contributed by atoms with Gasteiger partial charge in [0.15, 0.2) is 0 Å². The van der Waals surface area contributed by atoms with Gasteiger partial charge in [0.2, 0.25) is 0 Å². The summed E-state index contributed by atoms with van der Waals surface area (Å²) in [6, 6.07) is 17.5. The van der Waals surface area contributed by atoms with Crippen LogP contribution < -0.4 is 5.32 Å². The van der Waals surface area contributed by atoms with Crippen molar-refractivity contribution < 1.29 is 4.39 Å². The minimum absolute atomic E-state index is 0.186. The minimum atomic E-state index is -0.186. The number of benzene rings is 2. The standard InChI is InChI=1S/C18H22FNS/c1-13(2)18(21-16-11-9-15(19)10-12-16)17(20-3)14-7-5-4-6-8-14/h4-13,17-18,20H,1-3H3. The van der Waals surface area contributed by atoms with Gasteiger partial charge in [-0.25, -0.2) is 4.39 Å². The summed E-state index contributed by atoms with van der Waals surface area (Å²) in [7, 11) is 2.00. The van der Waals surface area contributed by atoms with Crippen LogP contribution in [0.3, 0.4) is 0 Å². The first-order valence-electron chi connectivity index (χ1n) is 7.26. The summed E-state index contributed by atoms with van der Waals surface area (Å²) in [6.45, 7) is 4.46. The third kappa shape index (κ3) is 4.32. The highest BCUT2D eigenvalue weighted by Crippen LogP contribution is 2.36. The summed E-state index contributed by atoms with van der Waals surface area (Å²) in [4.78, 5) is 1.10. The molecule has 0 saturated heterocycles. The topological polar surface area (TPSA) is 12.0 Å². The van der Waals surface area contributed by atoms with Gasteiger partial charge in [0.05, 0.1) is 0 Å². The third-order valence-corrected chi connectivity index (χ3v) is 5.17. The molecule has 2 aromatic carbocycles. The number of hydrogen-bond acceptors (Lipinski definition) is 2. The second-order valence-corrected chi connectivity index (χ2v) is 6.71. The van der Waals surface area contributed by atoms with Gasteiger partial charge in [-0.05, 0) is 42.8 Å². The molecule has 0 bridgehead atoms. The number of hydrogen-bond donors (Lipinski definition) is 1. The Kier molecular flexibility index (Phi) is 5.83. The van der Waals surface area contributed by atoms with Crippen LogP contribution in [0.15, 0.2) is 59.5 Å². The largest absolute Gasteiger partial charge is 0.312 e. The Balaban J connectivity index is 2.22. The molecule has 0 spiro atoms. The average Bonchev–Trinajstić information content (AvgIpc) is 2.50. The first kappa shape index (κ1) is 16.1. The van der Waals surface area contributed by atoms with E-state index in [1.807, 2.05) is 25.2 Å². The third-order valence-electron chi connectivity index (χ3n) is 3.54. The van der Waals surface area contributed by atoms with Crippen molar-refractivity contribution in [3.63, 3.8) is 0 Å². The quantitative estimate of drug-likeness (QED) is 0.762. The molecule has 21 heavy (non-hydrogen) atoms. The molecule has 2 unspecified atom stereocenters. The molecule has 0 aliphatic carbocycles. The Hall–Kier alpha value is -1.32. The molecule has 0 aliphatic heterocycles. The highest BCUT2D eigenvalue weighted by Gasteiger charge is 2.25. The van der Waals surface area contributed by atoms with E-state index in [0.29, 0.717) is 11.2 Å². The van der Waals surface area contributed by atoms with E-state index >= 15 is 0 Å². The van der Waals surface area contributed by atoms with Crippen molar-refractivity contribution in [2.24, 2.45) is 5.92 Å². The van der Waals surface area contributed by atoms with Crippen molar-refractivity contribution in [3.05, 3.63) is 66.0 Å². The molecule has 0 aliphatic rings. The van der Waals surface area contributed by atoms with E-state index in [4.69, 9.17) is 0 Å².